The molecule has 3 rings (SSSR count). The molecule has 2 aliphatic heterocycles. The summed E-state index contributed by atoms with van der Waals surface area (Å²) in [5, 5.41) is 2.16. The van der Waals surface area contributed by atoms with Crippen molar-refractivity contribution < 1.29 is 28.7 Å². The van der Waals surface area contributed by atoms with Crippen LogP contribution in [0.5, 0.6) is 5.75 Å². The first-order valence-corrected chi connectivity index (χ1v) is 8.09. The van der Waals surface area contributed by atoms with E-state index in [0.717, 1.165) is 4.90 Å². The van der Waals surface area contributed by atoms with Gasteiger partial charge in [-0.25, -0.2) is 0 Å². The van der Waals surface area contributed by atoms with Crippen molar-refractivity contribution in [1.82, 2.24) is 10.2 Å². The number of hydrogen-bond acceptors (Lipinski definition) is 6. The highest BCUT2D eigenvalue weighted by atomic mass is 16.5. The molecule has 132 valence electrons. The average Bonchev–Trinajstić information content (AvgIpc) is 2.83. The maximum Gasteiger partial charge on any atom is 0.262 e. The largest absolute Gasteiger partial charge is 0.491 e. The Morgan fingerprint density at radius 3 is 2.60 bits per heavy atom. The number of fused-ring (bicyclic) bond motifs is 1. The summed E-state index contributed by atoms with van der Waals surface area (Å²) in [6, 6.07) is 3.64. The normalized spacial score (nSPS) is 19.9. The number of carbonyl (C=O) groups excluding carboxylic acids is 4. The molecular weight excluding hydrogens is 328 g/mol. The van der Waals surface area contributed by atoms with Crippen LogP contribution in [0.15, 0.2) is 18.2 Å². The number of nitrogens with zero attached hydrogens (tertiary/aromatic N) is 1. The Balaban J connectivity index is 1.77. The van der Waals surface area contributed by atoms with Crippen LogP contribution in [0.4, 0.5) is 0 Å². The zero-order valence-corrected chi connectivity index (χ0v) is 13.7. The van der Waals surface area contributed by atoms with E-state index in [1.165, 1.54) is 12.1 Å². The molecule has 0 bridgehead atoms. The van der Waals surface area contributed by atoms with Gasteiger partial charge in [0.25, 0.3) is 11.8 Å². The van der Waals surface area contributed by atoms with E-state index in [0.29, 0.717) is 25.6 Å². The summed E-state index contributed by atoms with van der Waals surface area (Å²) < 4.78 is 10.7. The predicted octanol–water partition coefficient (Wildman–Crippen LogP) is 0.503. The number of hydrogen-bond donors (Lipinski definition) is 1. The molecule has 0 radical (unpaired) electrons. The van der Waals surface area contributed by atoms with Gasteiger partial charge in [-0.1, -0.05) is 0 Å². The SMILES string of the molecule is CCOCCOc1ccc2c(c1)C(=O)N(C1CCC(=O)NC1=O)C2=O. The molecular formula is C17H18N2O6. The Kier molecular flexibility index (Phi) is 4.80. The summed E-state index contributed by atoms with van der Waals surface area (Å²) in [6.07, 6.45) is 0.226. The Hall–Kier alpha value is -2.74. The summed E-state index contributed by atoms with van der Waals surface area (Å²) in [5.74, 6) is -1.66. The molecule has 0 aromatic heterocycles. The van der Waals surface area contributed by atoms with Crippen molar-refractivity contribution in [2.75, 3.05) is 19.8 Å². The van der Waals surface area contributed by atoms with Crippen LogP contribution in [-0.4, -0.2) is 54.4 Å². The zero-order valence-electron chi connectivity index (χ0n) is 13.7. The molecule has 1 unspecified atom stereocenters. The standard InChI is InChI=1S/C17H18N2O6/c1-2-24-7-8-25-10-3-4-11-12(9-10)17(23)19(16(11)22)13-5-6-14(20)18-15(13)21/h3-4,9,13H,2,5-8H2,1H3,(H,18,20,21). The van der Waals surface area contributed by atoms with Crippen molar-refractivity contribution in [3.05, 3.63) is 29.3 Å². The fraction of sp³-hybridized carbons (Fsp3) is 0.412. The van der Waals surface area contributed by atoms with Crippen molar-refractivity contribution in [3.8, 4) is 5.75 Å². The lowest BCUT2D eigenvalue weighted by atomic mass is 10.0. The fourth-order valence-electron chi connectivity index (χ4n) is 2.90. The van der Waals surface area contributed by atoms with Crippen LogP contribution in [0.3, 0.4) is 0 Å². The molecule has 8 heteroatoms. The minimum absolute atomic E-state index is 0.0929. The molecule has 2 heterocycles. The molecule has 0 aliphatic carbocycles. The zero-order chi connectivity index (χ0) is 18.0. The summed E-state index contributed by atoms with van der Waals surface area (Å²) in [4.78, 5) is 49.3. The molecule has 1 aromatic carbocycles. The Bertz CT molecular complexity index is 745. The summed E-state index contributed by atoms with van der Waals surface area (Å²) in [6.45, 7) is 3.21. The van der Waals surface area contributed by atoms with Gasteiger partial charge in [-0.05, 0) is 31.5 Å². The van der Waals surface area contributed by atoms with Gasteiger partial charge < -0.3 is 9.47 Å². The number of amides is 4. The molecule has 2 aliphatic rings. The molecule has 1 aromatic rings. The van der Waals surface area contributed by atoms with Gasteiger partial charge in [-0.3, -0.25) is 29.4 Å². The van der Waals surface area contributed by atoms with E-state index in [2.05, 4.69) is 5.32 Å². The monoisotopic (exact) mass is 346 g/mol. The van der Waals surface area contributed by atoms with Gasteiger partial charge in [0.1, 0.15) is 18.4 Å². The van der Waals surface area contributed by atoms with E-state index < -0.39 is 29.7 Å². The van der Waals surface area contributed by atoms with Gasteiger partial charge in [0.05, 0.1) is 17.7 Å². The van der Waals surface area contributed by atoms with Crippen LogP contribution in [0.25, 0.3) is 0 Å². The maximum absolute atomic E-state index is 12.6. The molecule has 4 amide bonds. The van der Waals surface area contributed by atoms with Gasteiger partial charge in [0, 0.05) is 13.0 Å². The molecule has 25 heavy (non-hydrogen) atoms. The number of imide groups is 2. The van der Waals surface area contributed by atoms with E-state index in [9.17, 15) is 19.2 Å². The first-order valence-electron chi connectivity index (χ1n) is 8.09. The van der Waals surface area contributed by atoms with E-state index in [4.69, 9.17) is 9.47 Å². The topological polar surface area (TPSA) is 102 Å². The quantitative estimate of drug-likeness (QED) is 0.595. The third kappa shape index (κ3) is 3.25. The van der Waals surface area contributed by atoms with Crippen molar-refractivity contribution in [3.63, 3.8) is 0 Å². The second-order valence-electron chi connectivity index (χ2n) is 5.70. The van der Waals surface area contributed by atoms with Crippen molar-refractivity contribution in [2.24, 2.45) is 0 Å². The number of piperidine rings is 1. The highest BCUT2D eigenvalue weighted by Gasteiger charge is 2.44. The first-order chi connectivity index (χ1) is 12.0. The lowest BCUT2D eigenvalue weighted by Gasteiger charge is -2.27. The van der Waals surface area contributed by atoms with Crippen molar-refractivity contribution in [2.45, 2.75) is 25.8 Å². The van der Waals surface area contributed by atoms with Gasteiger partial charge >= 0.3 is 0 Å². The number of carbonyl (C=O) groups is 4. The van der Waals surface area contributed by atoms with Crippen molar-refractivity contribution >= 4 is 23.6 Å². The Morgan fingerprint density at radius 2 is 1.88 bits per heavy atom. The van der Waals surface area contributed by atoms with E-state index in [1.807, 2.05) is 6.92 Å². The number of rotatable bonds is 6. The summed E-state index contributed by atoms with van der Waals surface area (Å²) >= 11 is 0. The predicted molar refractivity (Wildman–Crippen MR) is 85.1 cm³/mol. The summed E-state index contributed by atoms with van der Waals surface area (Å²) in [5.41, 5.74) is 0.426. The lowest BCUT2D eigenvalue weighted by Crippen LogP contribution is -2.54. The molecule has 1 atom stereocenters. The molecule has 8 nitrogen and oxygen atoms in total. The van der Waals surface area contributed by atoms with Crippen LogP contribution >= 0.6 is 0 Å². The lowest BCUT2D eigenvalue weighted by molar-refractivity contribution is -0.136. The second-order valence-corrected chi connectivity index (χ2v) is 5.70. The van der Waals surface area contributed by atoms with E-state index in [1.54, 1.807) is 6.07 Å². The van der Waals surface area contributed by atoms with Crippen LogP contribution in [-0.2, 0) is 14.3 Å². The molecule has 1 N–H and O–H groups in total. The Labute approximate surface area is 144 Å². The van der Waals surface area contributed by atoms with E-state index in [-0.39, 0.29) is 24.0 Å². The Morgan fingerprint density at radius 1 is 1.12 bits per heavy atom. The summed E-state index contributed by atoms with van der Waals surface area (Å²) in [7, 11) is 0. The smallest absolute Gasteiger partial charge is 0.262 e. The van der Waals surface area contributed by atoms with Crippen LogP contribution in [0.1, 0.15) is 40.5 Å². The molecule has 0 spiro atoms. The van der Waals surface area contributed by atoms with E-state index >= 15 is 0 Å². The highest BCUT2D eigenvalue weighted by Crippen LogP contribution is 2.30. The minimum atomic E-state index is -0.965. The number of benzene rings is 1. The number of ether oxygens (including phenoxy) is 2. The number of nitrogens with one attached hydrogen (secondary N) is 1. The van der Waals surface area contributed by atoms with Gasteiger partial charge in [-0.15, -0.1) is 0 Å². The third-order valence-corrected chi connectivity index (χ3v) is 4.11. The van der Waals surface area contributed by atoms with Gasteiger partial charge in [0.15, 0.2) is 0 Å². The first kappa shape index (κ1) is 17.1. The fourth-order valence-corrected chi connectivity index (χ4v) is 2.90. The van der Waals surface area contributed by atoms with Crippen LogP contribution < -0.4 is 10.1 Å². The molecule has 0 saturated carbocycles. The van der Waals surface area contributed by atoms with Gasteiger partial charge in [-0.2, -0.15) is 0 Å². The highest BCUT2D eigenvalue weighted by molar-refractivity contribution is 6.23. The van der Waals surface area contributed by atoms with Gasteiger partial charge in [0.2, 0.25) is 11.8 Å². The molecule has 1 saturated heterocycles. The molecule has 1 fully saturated rings. The van der Waals surface area contributed by atoms with Crippen LogP contribution in [0, 0.1) is 0 Å². The average molecular weight is 346 g/mol. The van der Waals surface area contributed by atoms with Crippen LogP contribution in [0.2, 0.25) is 0 Å². The second kappa shape index (κ2) is 7.02. The van der Waals surface area contributed by atoms with Crippen molar-refractivity contribution in [1.29, 1.82) is 0 Å². The maximum atomic E-state index is 12.6. The minimum Gasteiger partial charge on any atom is -0.491 e. The third-order valence-electron chi connectivity index (χ3n) is 4.11.